The van der Waals surface area contributed by atoms with Crippen molar-refractivity contribution in [2.75, 3.05) is 12.4 Å². The summed E-state index contributed by atoms with van der Waals surface area (Å²) >= 11 is 0. The fourth-order valence-electron chi connectivity index (χ4n) is 1.70. The summed E-state index contributed by atoms with van der Waals surface area (Å²) in [5, 5.41) is 2.90. The molecule has 0 spiro atoms. The van der Waals surface area contributed by atoms with Gasteiger partial charge in [0.15, 0.2) is 0 Å². The first-order chi connectivity index (χ1) is 8.79. The van der Waals surface area contributed by atoms with Gasteiger partial charge in [-0.2, -0.15) is 0 Å². The minimum Gasteiger partial charge on any atom is -0.480 e. The van der Waals surface area contributed by atoms with Gasteiger partial charge >= 0.3 is 0 Å². The summed E-state index contributed by atoms with van der Waals surface area (Å²) in [5.41, 5.74) is 2.30. The standard InChI is InChI=1S/C15H24N2O2/c1-7-8-11-9-12(13(19-6)16-10(11)2)17-14(18)15(3,4)5/h9H,7-8H2,1-6H3,(H,17,18). The van der Waals surface area contributed by atoms with Crippen molar-refractivity contribution in [3.05, 3.63) is 17.3 Å². The number of aryl methyl sites for hydroxylation is 2. The third-order valence-corrected chi connectivity index (χ3v) is 2.93. The van der Waals surface area contributed by atoms with Crippen molar-refractivity contribution in [3.8, 4) is 5.88 Å². The van der Waals surface area contributed by atoms with Crippen molar-refractivity contribution in [2.24, 2.45) is 5.41 Å². The van der Waals surface area contributed by atoms with E-state index in [1.807, 2.05) is 33.8 Å². The number of ether oxygens (including phenoxy) is 1. The zero-order valence-corrected chi connectivity index (χ0v) is 12.8. The molecule has 0 unspecified atom stereocenters. The molecule has 0 atom stereocenters. The Morgan fingerprint density at radius 2 is 2.05 bits per heavy atom. The fourth-order valence-corrected chi connectivity index (χ4v) is 1.70. The average molecular weight is 264 g/mol. The van der Waals surface area contributed by atoms with E-state index < -0.39 is 5.41 Å². The maximum absolute atomic E-state index is 12.1. The van der Waals surface area contributed by atoms with Gasteiger partial charge in [0.05, 0.1) is 7.11 Å². The molecule has 0 bridgehead atoms. The van der Waals surface area contributed by atoms with Crippen LogP contribution in [0.1, 0.15) is 45.4 Å². The van der Waals surface area contributed by atoms with E-state index in [0.717, 1.165) is 24.1 Å². The van der Waals surface area contributed by atoms with Crippen LogP contribution in [-0.2, 0) is 11.2 Å². The molecule has 19 heavy (non-hydrogen) atoms. The first-order valence-electron chi connectivity index (χ1n) is 6.65. The molecule has 0 radical (unpaired) electrons. The molecule has 4 nitrogen and oxygen atoms in total. The van der Waals surface area contributed by atoms with Crippen molar-refractivity contribution < 1.29 is 9.53 Å². The molecule has 1 rings (SSSR count). The minimum atomic E-state index is -0.444. The SMILES string of the molecule is CCCc1cc(NC(=O)C(C)(C)C)c(OC)nc1C. The van der Waals surface area contributed by atoms with Crippen LogP contribution in [0.2, 0.25) is 0 Å². The molecular weight excluding hydrogens is 240 g/mol. The van der Waals surface area contributed by atoms with Crippen LogP contribution in [0, 0.1) is 12.3 Å². The zero-order chi connectivity index (χ0) is 14.6. The van der Waals surface area contributed by atoms with E-state index >= 15 is 0 Å². The summed E-state index contributed by atoms with van der Waals surface area (Å²) in [6.45, 7) is 9.72. The maximum Gasteiger partial charge on any atom is 0.237 e. The highest BCUT2D eigenvalue weighted by atomic mass is 16.5. The molecule has 0 aromatic carbocycles. The second-order valence-corrected chi connectivity index (χ2v) is 5.74. The number of anilines is 1. The van der Waals surface area contributed by atoms with E-state index in [1.54, 1.807) is 7.11 Å². The Bertz CT molecular complexity index is 462. The quantitative estimate of drug-likeness (QED) is 0.907. The molecule has 1 N–H and O–H groups in total. The van der Waals surface area contributed by atoms with Gasteiger partial charge in [-0.1, -0.05) is 34.1 Å². The monoisotopic (exact) mass is 264 g/mol. The highest BCUT2D eigenvalue weighted by Gasteiger charge is 2.23. The molecule has 106 valence electrons. The largest absolute Gasteiger partial charge is 0.480 e. The Hall–Kier alpha value is -1.58. The summed E-state index contributed by atoms with van der Waals surface area (Å²) in [6, 6.07) is 1.97. The van der Waals surface area contributed by atoms with Gasteiger partial charge in [0.1, 0.15) is 5.69 Å². The van der Waals surface area contributed by atoms with Gasteiger partial charge < -0.3 is 10.1 Å². The maximum atomic E-state index is 12.1. The molecule has 0 saturated heterocycles. The van der Waals surface area contributed by atoms with Crippen LogP contribution in [0.4, 0.5) is 5.69 Å². The molecule has 1 amide bonds. The Balaban J connectivity index is 3.11. The van der Waals surface area contributed by atoms with Crippen molar-refractivity contribution in [2.45, 2.75) is 47.5 Å². The normalized spacial score (nSPS) is 11.3. The lowest BCUT2D eigenvalue weighted by molar-refractivity contribution is -0.123. The molecule has 0 saturated carbocycles. The van der Waals surface area contributed by atoms with Crippen LogP contribution in [-0.4, -0.2) is 18.0 Å². The second-order valence-electron chi connectivity index (χ2n) is 5.74. The van der Waals surface area contributed by atoms with E-state index in [2.05, 4.69) is 17.2 Å². The molecule has 0 fully saturated rings. The number of aromatic nitrogens is 1. The smallest absolute Gasteiger partial charge is 0.237 e. The number of nitrogens with zero attached hydrogens (tertiary/aromatic N) is 1. The van der Waals surface area contributed by atoms with Crippen LogP contribution in [0.15, 0.2) is 6.07 Å². The number of carbonyl (C=O) groups excluding carboxylic acids is 1. The third-order valence-electron chi connectivity index (χ3n) is 2.93. The van der Waals surface area contributed by atoms with Crippen molar-refractivity contribution in [1.82, 2.24) is 4.98 Å². The lowest BCUT2D eigenvalue weighted by Crippen LogP contribution is -2.28. The third kappa shape index (κ3) is 3.94. The van der Waals surface area contributed by atoms with Gasteiger partial charge in [-0.3, -0.25) is 4.79 Å². The lowest BCUT2D eigenvalue weighted by atomic mass is 9.95. The molecule has 1 heterocycles. The zero-order valence-electron chi connectivity index (χ0n) is 12.8. The first kappa shape index (κ1) is 15.5. The van der Waals surface area contributed by atoms with Gasteiger partial charge in [0.25, 0.3) is 0 Å². The number of hydrogen-bond donors (Lipinski definition) is 1. The van der Waals surface area contributed by atoms with Gasteiger partial charge in [0.2, 0.25) is 11.8 Å². The van der Waals surface area contributed by atoms with E-state index in [0.29, 0.717) is 11.6 Å². The van der Waals surface area contributed by atoms with Gasteiger partial charge in [0, 0.05) is 11.1 Å². The average Bonchev–Trinajstić information content (AvgIpc) is 2.32. The van der Waals surface area contributed by atoms with Crippen molar-refractivity contribution in [1.29, 1.82) is 0 Å². The summed E-state index contributed by atoms with van der Waals surface area (Å²) in [5.74, 6) is 0.425. The van der Waals surface area contributed by atoms with Crippen LogP contribution < -0.4 is 10.1 Å². The minimum absolute atomic E-state index is 0.0427. The fraction of sp³-hybridized carbons (Fsp3) is 0.600. The molecular formula is C15H24N2O2. The van der Waals surface area contributed by atoms with E-state index in [9.17, 15) is 4.79 Å². The predicted molar refractivity (Wildman–Crippen MR) is 77.6 cm³/mol. The molecule has 4 heteroatoms. The van der Waals surface area contributed by atoms with Gasteiger partial charge in [-0.05, 0) is 25.0 Å². The Morgan fingerprint density at radius 1 is 1.42 bits per heavy atom. The molecule has 1 aromatic heterocycles. The number of nitrogens with one attached hydrogen (secondary N) is 1. The Morgan fingerprint density at radius 3 is 2.53 bits per heavy atom. The highest BCUT2D eigenvalue weighted by molar-refractivity contribution is 5.95. The highest BCUT2D eigenvalue weighted by Crippen LogP contribution is 2.27. The summed E-state index contributed by atoms with van der Waals surface area (Å²) < 4.78 is 5.25. The Labute approximate surface area is 115 Å². The van der Waals surface area contributed by atoms with Crippen molar-refractivity contribution in [3.63, 3.8) is 0 Å². The second kappa shape index (κ2) is 6.04. The number of amides is 1. The summed E-state index contributed by atoms with van der Waals surface area (Å²) in [4.78, 5) is 16.5. The van der Waals surface area contributed by atoms with Crippen LogP contribution in [0.25, 0.3) is 0 Å². The number of methoxy groups -OCH3 is 1. The number of hydrogen-bond acceptors (Lipinski definition) is 3. The first-order valence-corrected chi connectivity index (χ1v) is 6.65. The Kier molecular flexibility index (Phi) is 4.92. The predicted octanol–water partition coefficient (Wildman–Crippen LogP) is 3.34. The van der Waals surface area contributed by atoms with Gasteiger partial charge in [-0.25, -0.2) is 4.98 Å². The van der Waals surface area contributed by atoms with E-state index in [4.69, 9.17) is 4.74 Å². The van der Waals surface area contributed by atoms with E-state index in [-0.39, 0.29) is 5.91 Å². The van der Waals surface area contributed by atoms with Crippen LogP contribution in [0.3, 0.4) is 0 Å². The summed E-state index contributed by atoms with van der Waals surface area (Å²) in [7, 11) is 1.56. The number of carbonyl (C=O) groups is 1. The lowest BCUT2D eigenvalue weighted by Gasteiger charge is -2.19. The molecule has 1 aromatic rings. The van der Waals surface area contributed by atoms with Crippen LogP contribution in [0.5, 0.6) is 5.88 Å². The van der Waals surface area contributed by atoms with Crippen molar-refractivity contribution >= 4 is 11.6 Å². The van der Waals surface area contributed by atoms with Crippen LogP contribution >= 0.6 is 0 Å². The number of rotatable bonds is 4. The van der Waals surface area contributed by atoms with Gasteiger partial charge in [-0.15, -0.1) is 0 Å². The molecule has 0 aliphatic rings. The molecule has 0 aliphatic heterocycles. The van der Waals surface area contributed by atoms with E-state index in [1.165, 1.54) is 0 Å². The number of pyridine rings is 1. The summed E-state index contributed by atoms with van der Waals surface area (Å²) in [6.07, 6.45) is 1.99. The molecule has 0 aliphatic carbocycles. The topological polar surface area (TPSA) is 51.2 Å².